The fraction of sp³-hybridized carbons (Fsp3) is 0.167. The zero-order chi connectivity index (χ0) is 7.56. The predicted octanol–water partition coefficient (Wildman–Crippen LogP) is 1.87. The van der Waals surface area contributed by atoms with Crippen molar-refractivity contribution in [2.45, 2.75) is 0 Å². The van der Waals surface area contributed by atoms with Gasteiger partial charge in [0.15, 0.2) is 0 Å². The fourth-order valence-corrected chi connectivity index (χ4v) is 1.16. The normalized spacial score (nSPS) is 9.50. The summed E-state index contributed by atoms with van der Waals surface area (Å²) in [5.74, 6) is 0.130. The van der Waals surface area contributed by atoms with E-state index in [-0.39, 0.29) is 0 Å². The number of nitrogens with zero attached hydrogens (tertiary/aromatic N) is 1. The SMILES string of the molecule is CNc1nc(F)ccc1I. The van der Waals surface area contributed by atoms with Crippen LogP contribution in [0.5, 0.6) is 0 Å². The molecule has 0 bridgehead atoms. The highest BCUT2D eigenvalue weighted by Crippen LogP contribution is 2.13. The Balaban J connectivity index is 3.09. The molecule has 1 rings (SSSR count). The van der Waals surface area contributed by atoms with E-state index in [4.69, 9.17) is 0 Å². The molecule has 10 heavy (non-hydrogen) atoms. The van der Waals surface area contributed by atoms with E-state index in [1.54, 1.807) is 13.1 Å². The molecule has 0 atom stereocenters. The first kappa shape index (κ1) is 7.71. The molecule has 1 aromatic rings. The number of nitrogens with one attached hydrogen (secondary N) is 1. The van der Waals surface area contributed by atoms with E-state index in [0.717, 1.165) is 3.57 Å². The van der Waals surface area contributed by atoms with Crippen LogP contribution in [0, 0.1) is 9.52 Å². The van der Waals surface area contributed by atoms with Crippen LogP contribution in [0.1, 0.15) is 0 Å². The van der Waals surface area contributed by atoms with Gasteiger partial charge in [0.2, 0.25) is 5.95 Å². The second kappa shape index (κ2) is 3.14. The van der Waals surface area contributed by atoms with Gasteiger partial charge in [0.05, 0.1) is 3.57 Å². The van der Waals surface area contributed by atoms with Gasteiger partial charge in [-0.15, -0.1) is 0 Å². The lowest BCUT2D eigenvalue weighted by Crippen LogP contribution is -1.96. The Morgan fingerprint density at radius 1 is 1.60 bits per heavy atom. The zero-order valence-electron chi connectivity index (χ0n) is 5.36. The van der Waals surface area contributed by atoms with Crippen molar-refractivity contribution in [2.75, 3.05) is 12.4 Å². The van der Waals surface area contributed by atoms with Crippen LogP contribution in [-0.2, 0) is 0 Å². The summed E-state index contributed by atoms with van der Waals surface area (Å²) < 4.78 is 13.3. The molecule has 0 radical (unpaired) electrons. The predicted molar refractivity (Wildman–Crippen MR) is 46.5 cm³/mol. The number of hydrogen-bond donors (Lipinski definition) is 1. The molecule has 0 aromatic carbocycles. The lowest BCUT2D eigenvalue weighted by molar-refractivity contribution is 0.585. The Kier molecular flexibility index (Phi) is 2.42. The average molecular weight is 252 g/mol. The van der Waals surface area contributed by atoms with Crippen LogP contribution >= 0.6 is 22.6 Å². The minimum atomic E-state index is -0.454. The molecule has 0 aliphatic rings. The Labute approximate surface area is 72.0 Å². The van der Waals surface area contributed by atoms with Crippen molar-refractivity contribution in [2.24, 2.45) is 0 Å². The summed E-state index contributed by atoms with van der Waals surface area (Å²) >= 11 is 2.09. The summed E-state index contributed by atoms with van der Waals surface area (Å²) in [7, 11) is 1.71. The van der Waals surface area contributed by atoms with Crippen LogP contribution in [0.15, 0.2) is 12.1 Å². The Bertz CT molecular complexity index is 239. The van der Waals surface area contributed by atoms with Crippen molar-refractivity contribution in [1.82, 2.24) is 4.98 Å². The summed E-state index contributed by atoms with van der Waals surface area (Å²) in [4.78, 5) is 3.61. The molecule has 0 saturated carbocycles. The number of halogens is 2. The van der Waals surface area contributed by atoms with Gasteiger partial charge in [0.1, 0.15) is 5.82 Å². The second-order valence-corrected chi connectivity index (χ2v) is 2.88. The van der Waals surface area contributed by atoms with E-state index in [1.807, 2.05) is 0 Å². The van der Waals surface area contributed by atoms with Crippen LogP contribution < -0.4 is 5.32 Å². The van der Waals surface area contributed by atoms with Crippen molar-refractivity contribution in [1.29, 1.82) is 0 Å². The third-order valence-corrected chi connectivity index (χ3v) is 1.92. The van der Waals surface area contributed by atoms with Crippen molar-refractivity contribution >= 4 is 28.4 Å². The maximum atomic E-state index is 12.4. The monoisotopic (exact) mass is 252 g/mol. The smallest absolute Gasteiger partial charge is 0.214 e. The number of aromatic nitrogens is 1. The van der Waals surface area contributed by atoms with Gasteiger partial charge in [-0.1, -0.05) is 0 Å². The van der Waals surface area contributed by atoms with Crippen LogP contribution in [0.25, 0.3) is 0 Å². The highest BCUT2D eigenvalue weighted by Gasteiger charge is 1.98. The summed E-state index contributed by atoms with van der Waals surface area (Å²) in [5, 5.41) is 2.78. The molecule has 1 N–H and O–H groups in total. The maximum absolute atomic E-state index is 12.4. The second-order valence-electron chi connectivity index (χ2n) is 1.71. The molecule has 1 aromatic heterocycles. The Morgan fingerprint density at radius 2 is 2.30 bits per heavy atom. The maximum Gasteiger partial charge on any atom is 0.214 e. The van der Waals surface area contributed by atoms with Crippen LogP contribution in [0.2, 0.25) is 0 Å². The summed E-state index contributed by atoms with van der Waals surface area (Å²) in [6, 6.07) is 3.01. The van der Waals surface area contributed by atoms with Gasteiger partial charge in [0, 0.05) is 7.05 Å². The lowest BCUT2D eigenvalue weighted by Gasteiger charge is -1.99. The van der Waals surface area contributed by atoms with E-state index >= 15 is 0 Å². The van der Waals surface area contributed by atoms with Crippen molar-refractivity contribution in [3.8, 4) is 0 Å². The summed E-state index contributed by atoms with van der Waals surface area (Å²) in [6.45, 7) is 0. The Morgan fingerprint density at radius 3 is 2.80 bits per heavy atom. The quantitative estimate of drug-likeness (QED) is 0.609. The average Bonchev–Trinajstić information content (AvgIpc) is 1.94. The largest absolute Gasteiger partial charge is 0.372 e. The molecule has 0 spiro atoms. The molecule has 0 fully saturated rings. The highest BCUT2D eigenvalue weighted by molar-refractivity contribution is 14.1. The molecule has 4 heteroatoms. The number of pyridine rings is 1. The van der Waals surface area contributed by atoms with E-state index in [2.05, 4.69) is 32.9 Å². The third kappa shape index (κ3) is 1.56. The minimum absolute atomic E-state index is 0.454. The van der Waals surface area contributed by atoms with E-state index in [9.17, 15) is 4.39 Å². The zero-order valence-corrected chi connectivity index (χ0v) is 7.52. The summed E-state index contributed by atoms with van der Waals surface area (Å²) in [5.41, 5.74) is 0. The van der Waals surface area contributed by atoms with Crippen LogP contribution in [-0.4, -0.2) is 12.0 Å². The number of anilines is 1. The first-order valence-corrected chi connectivity index (χ1v) is 3.81. The Hall–Kier alpha value is -0.390. The van der Waals surface area contributed by atoms with Gasteiger partial charge in [0.25, 0.3) is 0 Å². The van der Waals surface area contributed by atoms with Crippen LogP contribution in [0.4, 0.5) is 10.2 Å². The summed E-state index contributed by atoms with van der Waals surface area (Å²) in [6.07, 6.45) is 0. The molecule has 0 saturated heterocycles. The molecular weight excluding hydrogens is 246 g/mol. The first-order chi connectivity index (χ1) is 4.74. The molecule has 0 unspecified atom stereocenters. The standard InChI is InChI=1S/C6H6FIN2/c1-9-6-4(8)2-3-5(7)10-6/h2-3H,1H3,(H,9,10). The van der Waals surface area contributed by atoms with Gasteiger partial charge in [-0.05, 0) is 34.7 Å². The molecule has 0 amide bonds. The number of rotatable bonds is 1. The third-order valence-electron chi connectivity index (χ3n) is 1.05. The first-order valence-electron chi connectivity index (χ1n) is 2.74. The molecular formula is C6H6FIN2. The number of hydrogen-bond acceptors (Lipinski definition) is 2. The highest BCUT2D eigenvalue weighted by atomic mass is 127. The van der Waals surface area contributed by atoms with Crippen LogP contribution in [0.3, 0.4) is 0 Å². The molecule has 1 heterocycles. The lowest BCUT2D eigenvalue weighted by atomic mass is 10.4. The van der Waals surface area contributed by atoms with Crippen molar-refractivity contribution in [3.05, 3.63) is 21.7 Å². The van der Waals surface area contributed by atoms with Crippen molar-refractivity contribution in [3.63, 3.8) is 0 Å². The topological polar surface area (TPSA) is 24.9 Å². The van der Waals surface area contributed by atoms with E-state index in [0.29, 0.717) is 5.82 Å². The fourth-order valence-electron chi connectivity index (χ4n) is 0.594. The van der Waals surface area contributed by atoms with Gasteiger partial charge in [-0.25, -0.2) is 4.98 Å². The van der Waals surface area contributed by atoms with Crippen molar-refractivity contribution < 1.29 is 4.39 Å². The molecule has 0 aliphatic heterocycles. The van der Waals surface area contributed by atoms with Gasteiger partial charge in [-0.2, -0.15) is 4.39 Å². The van der Waals surface area contributed by atoms with E-state index < -0.39 is 5.95 Å². The molecule has 2 nitrogen and oxygen atoms in total. The molecule has 0 aliphatic carbocycles. The van der Waals surface area contributed by atoms with Gasteiger partial charge in [-0.3, -0.25) is 0 Å². The molecule has 54 valence electrons. The van der Waals surface area contributed by atoms with Gasteiger partial charge < -0.3 is 5.32 Å². The van der Waals surface area contributed by atoms with E-state index in [1.165, 1.54) is 6.07 Å². The minimum Gasteiger partial charge on any atom is -0.372 e. The van der Waals surface area contributed by atoms with Gasteiger partial charge >= 0.3 is 0 Å².